The lowest BCUT2D eigenvalue weighted by molar-refractivity contribution is 0.0958. The van der Waals surface area contributed by atoms with E-state index in [9.17, 15) is 14.3 Å². The smallest absolute Gasteiger partial charge is 0.252 e. The molecule has 2 aliphatic rings. The van der Waals surface area contributed by atoms with E-state index in [0.717, 1.165) is 23.5 Å². The van der Waals surface area contributed by atoms with Crippen LogP contribution in [-0.2, 0) is 13.1 Å². The first-order chi connectivity index (χ1) is 17.0. The lowest BCUT2D eigenvalue weighted by Gasteiger charge is -2.37. The van der Waals surface area contributed by atoms with Crippen LogP contribution in [0.15, 0.2) is 48.8 Å². The minimum absolute atomic E-state index is 0.0480. The van der Waals surface area contributed by atoms with Gasteiger partial charge in [-0.1, -0.05) is 30.3 Å². The second-order valence-corrected chi connectivity index (χ2v) is 9.24. The van der Waals surface area contributed by atoms with E-state index in [1.165, 1.54) is 24.0 Å². The highest BCUT2D eigenvalue weighted by Gasteiger charge is 2.40. The van der Waals surface area contributed by atoms with Gasteiger partial charge in [0.15, 0.2) is 0 Å². The second kappa shape index (κ2) is 9.59. The molecule has 0 saturated carbocycles. The normalized spacial score (nSPS) is 19.0. The molecule has 0 bridgehead atoms. The number of aryl methyl sites for hydroxylation is 1. The predicted octanol–water partition coefficient (Wildman–Crippen LogP) is 2.94. The number of carbonyl (C=O) groups excluding carboxylic acids is 1. The minimum atomic E-state index is -0.465. The van der Waals surface area contributed by atoms with Gasteiger partial charge in [-0.05, 0) is 49.3 Å². The van der Waals surface area contributed by atoms with Crippen LogP contribution in [0.2, 0.25) is 0 Å². The predicted molar refractivity (Wildman–Crippen MR) is 131 cm³/mol. The number of aromatic nitrogens is 3. The molecule has 182 valence electrons. The molecule has 8 nitrogen and oxygen atoms in total. The lowest BCUT2D eigenvalue weighted by atomic mass is 9.77. The summed E-state index contributed by atoms with van der Waals surface area (Å²) in [4.78, 5) is 19.5. The van der Waals surface area contributed by atoms with Crippen molar-refractivity contribution in [2.45, 2.75) is 31.5 Å². The van der Waals surface area contributed by atoms with E-state index in [0.29, 0.717) is 36.3 Å². The first kappa shape index (κ1) is 23.2. The van der Waals surface area contributed by atoms with Crippen molar-refractivity contribution in [3.8, 4) is 0 Å². The van der Waals surface area contributed by atoms with Crippen LogP contribution in [0.3, 0.4) is 0 Å². The monoisotopic (exact) mass is 476 g/mol. The Morgan fingerprint density at radius 3 is 2.77 bits per heavy atom. The molecule has 0 radical (unpaired) electrons. The molecule has 2 aliphatic heterocycles. The number of nitrogens with zero attached hydrogens (tertiary/aromatic N) is 4. The highest BCUT2D eigenvalue weighted by molar-refractivity contribution is 6.04. The standard InChI is InChI=1S/C26H29FN6O2/c1-32(2)14-16-4-6-17(7-5-16)24-23(25-29-15-30-33(25)10-3-11-34)19-8-9-28-26(35)20-12-18(27)13-21(31-24)22(19)20/h4-8,12-13,15,23-24,31,34H,3,9-11,14H2,1-2H3,(H,28,35). The van der Waals surface area contributed by atoms with Crippen molar-refractivity contribution >= 4 is 17.2 Å². The van der Waals surface area contributed by atoms with E-state index in [2.05, 4.69) is 49.9 Å². The molecule has 2 aromatic carbocycles. The number of aliphatic hydroxyl groups excluding tert-OH is 1. The summed E-state index contributed by atoms with van der Waals surface area (Å²) in [5.74, 6) is -0.316. The van der Waals surface area contributed by atoms with Gasteiger partial charge in [0.05, 0.1) is 17.5 Å². The van der Waals surface area contributed by atoms with Gasteiger partial charge in [-0.25, -0.2) is 14.1 Å². The maximum Gasteiger partial charge on any atom is 0.252 e. The molecule has 1 aromatic heterocycles. The van der Waals surface area contributed by atoms with Crippen LogP contribution in [0.1, 0.15) is 51.3 Å². The van der Waals surface area contributed by atoms with E-state index >= 15 is 0 Å². The van der Waals surface area contributed by atoms with Crippen LogP contribution in [0.4, 0.5) is 10.1 Å². The van der Waals surface area contributed by atoms with Crippen LogP contribution in [0, 0.1) is 5.82 Å². The van der Waals surface area contributed by atoms with Crippen molar-refractivity contribution in [1.29, 1.82) is 0 Å². The Morgan fingerprint density at radius 2 is 2.03 bits per heavy atom. The Balaban J connectivity index is 1.67. The van der Waals surface area contributed by atoms with Gasteiger partial charge in [-0.3, -0.25) is 4.79 Å². The summed E-state index contributed by atoms with van der Waals surface area (Å²) in [5.41, 5.74) is 4.71. The Bertz CT molecular complexity index is 1270. The third kappa shape index (κ3) is 4.44. The van der Waals surface area contributed by atoms with E-state index in [1.807, 2.05) is 24.9 Å². The molecule has 2 unspecified atom stereocenters. The van der Waals surface area contributed by atoms with Crippen LogP contribution in [0.25, 0.3) is 5.57 Å². The summed E-state index contributed by atoms with van der Waals surface area (Å²) >= 11 is 0. The summed E-state index contributed by atoms with van der Waals surface area (Å²) in [6.07, 6.45) is 4.06. The number of rotatable bonds is 7. The summed E-state index contributed by atoms with van der Waals surface area (Å²) < 4.78 is 16.4. The van der Waals surface area contributed by atoms with Crippen LogP contribution in [-0.4, -0.2) is 57.9 Å². The number of nitrogens with one attached hydrogen (secondary N) is 2. The molecule has 0 fully saturated rings. The molecule has 9 heteroatoms. The molecule has 3 N–H and O–H groups in total. The topological polar surface area (TPSA) is 95.3 Å². The van der Waals surface area contributed by atoms with Crippen molar-refractivity contribution in [3.63, 3.8) is 0 Å². The summed E-state index contributed by atoms with van der Waals surface area (Å²) in [6.45, 7) is 1.73. The van der Waals surface area contributed by atoms with Gasteiger partial charge in [0.2, 0.25) is 0 Å². The number of hydrogen-bond acceptors (Lipinski definition) is 6. The second-order valence-electron chi connectivity index (χ2n) is 9.24. The zero-order valence-electron chi connectivity index (χ0n) is 19.8. The molecule has 0 saturated heterocycles. The Kier molecular flexibility index (Phi) is 6.36. The van der Waals surface area contributed by atoms with Crippen LogP contribution in [0.5, 0.6) is 0 Å². The van der Waals surface area contributed by atoms with Gasteiger partial charge < -0.3 is 20.6 Å². The maximum absolute atomic E-state index is 14.6. The van der Waals surface area contributed by atoms with Gasteiger partial charge in [-0.15, -0.1) is 0 Å². The number of benzene rings is 2. The van der Waals surface area contributed by atoms with Gasteiger partial charge in [0, 0.05) is 37.5 Å². The number of anilines is 1. The summed E-state index contributed by atoms with van der Waals surface area (Å²) in [6, 6.07) is 10.9. The average molecular weight is 477 g/mol. The molecule has 0 spiro atoms. The quantitative estimate of drug-likeness (QED) is 0.485. The molecule has 2 atom stereocenters. The van der Waals surface area contributed by atoms with E-state index in [-0.39, 0.29) is 24.5 Å². The Morgan fingerprint density at radius 1 is 1.23 bits per heavy atom. The molecule has 1 amide bonds. The van der Waals surface area contributed by atoms with Crippen LogP contribution < -0.4 is 10.6 Å². The van der Waals surface area contributed by atoms with E-state index in [1.54, 1.807) is 0 Å². The molecule has 3 aromatic rings. The molecule has 3 heterocycles. The number of carbonyl (C=O) groups is 1. The summed E-state index contributed by atoms with van der Waals surface area (Å²) in [7, 11) is 4.06. The van der Waals surface area contributed by atoms with Crippen molar-refractivity contribution in [2.75, 3.05) is 32.6 Å². The number of amides is 1. The Hall–Kier alpha value is -3.56. The molecule has 35 heavy (non-hydrogen) atoms. The summed E-state index contributed by atoms with van der Waals surface area (Å²) in [5, 5.41) is 20.2. The largest absolute Gasteiger partial charge is 0.396 e. The van der Waals surface area contributed by atoms with Gasteiger partial charge in [-0.2, -0.15) is 5.10 Å². The third-order valence-corrected chi connectivity index (χ3v) is 6.49. The minimum Gasteiger partial charge on any atom is -0.396 e. The van der Waals surface area contributed by atoms with Gasteiger partial charge in [0.1, 0.15) is 18.0 Å². The first-order valence-electron chi connectivity index (χ1n) is 11.8. The van der Waals surface area contributed by atoms with Crippen LogP contribution >= 0.6 is 0 Å². The zero-order chi connectivity index (χ0) is 24.5. The Labute approximate surface area is 203 Å². The van der Waals surface area contributed by atoms with Crippen molar-refractivity contribution in [3.05, 3.63) is 82.7 Å². The number of aliphatic hydroxyl groups is 1. The van der Waals surface area contributed by atoms with E-state index < -0.39 is 5.82 Å². The maximum atomic E-state index is 14.6. The fraction of sp³-hybridized carbons (Fsp3) is 0.346. The molecular formula is C26H29FN6O2. The van der Waals surface area contributed by atoms with Gasteiger partial charge in [0.25, 0.3) is 5.91 Å². The highest BCUT2D eigenvalue weighted by Crippen LogP contribution is 2.50. The zero-order valence-corrected chi connectivity index (χ0v) is 19.8. The fourth-order valence-electron chi connectivity index (χ4n) is 5.04. The third-order valence-electron chi connectivity index (χ3n) is 6.49. The van der Waals surface area contributed by atoms with Crippen molar-refractivity contribution in [1.82, 2.24) is 25.0 Å². The van der Waals surface area contributed by atoms with Crippen molar-refractivity contribution < 1.29 is 14.3 Å². The molecule has 5 rings (SSSR count). The van der Waals surface area contributed by atoms with Gasteiger partial charge >= 0.3 is 0 Å². The lowest BCUT2D eigenvalue weighted by Crippen LogP contribution is -2.30. The molecule has 0 aliphatic carbocycles. The van der Waals surface area contributed by atoms with Crippen molar-refractivity contribution in [2.24, 2.45) is 0 Å². The number of halogens is 1. The average Bonchev–Trinajstić information content (AvgIpc) is 3.22. The highest BCUT2D eigenvalue weighted by atomic mass is 19.1. The van der Waals surface area contributed by atoms with E-state index in [4.69, 9.17) is 0 Å². The fourth-order valence-corrected chi connectivity index (χ4v) is 5.04. The number of hydrogen-bond donors (Lipinski definition) is 3. The SMILES string of the molecule is CN(C)Cc1ccc(C2Nc3cc(F)cc4c3C(=CCNC4=O)C2c2ncnn2CCCO)cc1. The first-order valence-corrected chi connectivity index (χ1v) is 11.8. The molecular weight excluding hydrogens is 447 g/mol.